The van der Waals surface area contributed by atoms with Gasteiger partial charge < -0.3 is 19.5 Å². The Hall–Kier alpha value is -4.32. The molecule has 1 aliphatic heterocycles. The second-order valence-corrected chi connectivity index (χ2v) is 11.3. The number of rotatable bonds is 12. The number of pyridine rings is 1. The standard InChI is InChI=1S/C36H40N2O4/c1-36(2)35(27-12-6-4-7-13-27)34(31-21-20-30(40-3)24-32(31)42-36)26-16-18-29(19-17-26)41-23-11-5-8-15-33(39)38-25-28-14-9-10-22-37-28/h4,6-7,9-10,12-14,16-22,24,34-35H,5,8,11,15,23,25H2,1-3H3,(H,38,39)/t34-,35+/m0/s1. The minimum Gasteiger partial charge on any atom is -0.497 e. The smallest absolute Gasteiger partial charge is 0.220 e. The largest absolute Gasteiger partial charge is 0.497 e. The minimum atomic E-state index is -0.435. The summed E-state index contributed by atoms with van der Waals surface area (Å²) < 4.78 is 18.2. The number of nitrogens with zero attached hydrogens (tertiary/aromatic N) is 1. The van der Waals surface area contributed by atoms with E-state index in [1.807, 2.05) is 30.3 Å². The summed E-state index contributed by atoms with van der Waals surface area (Å²) in [6.45, 7) is 5.42. The highest BCUT2D eigenvalue weighted by Gasteiger charge is 2.45. The topological polar surface area (TPSA) is 69.7 Å². The second-order valence-electron chi connectivity index (χ2n) is 11.3. The molecule has 0 fully saturated rings. The fraction of sp³-hybridized carbons (Fsp3) is 0.333. The van der Waals surface area contributed by atoms with Gasteiger partial charge in [-0.25, -0.2) is 0 Å². The third kappa shape index (κ3) is 7.11. The van der Waals surface area contributed by atoms with Gasteiger partial charge in [0.25, 0.3) is 0 Å². The lowest BCUT2D eigenvalue weighted by molar-refractivity contribution is -0.121. The Morgan fingerprint density at radius 1 is 0.881 bits per heavy atom. The Kier molecular flexibility index (Phi) is 9.42. The van der Waals surface area contributed by atoms with E-state index < -0.39 is 5.60 Å². The molecule has 5 rings (SSSR count). The van der Waals surface area contributed by atoms with Crippen molar-refractivity contribution in [2.24, 2.45) is 0 Å². The maximum atomic E-state index is 12.1. The molecule has 2 atom stereocenters. The molecule has 0 unspecified atom stereocenters. The van der Waals surface area contributed by atoms with Crippen LogP contribution in [0.15, 0.2) is 97.2 Å². The summed E-state index contributed by atoms with van der Waals surface area (Å²) in [6, 6.07) is 30.9. The Balaban J connectivity index is 1.19. The number of ether oxygens (including phenoxy) is 3. The molecule has 3 aromatic carbocycles. The number of unbranched alkanes of at least 4 members (excludes halogenated alkanes) is 2. The van der Waals surface area contributed by atoms with Crippen LogP contribution in [-0.4, -0.2) is 30.2 Å². The molecule has 0 aliphatic carbocycles. The Labute approximate surface area is 249 Å². The molecular weight excluding hydrogens is 524 g/mol. The summed E-state index contributed by atoms with van der Waals surface area (Å²) in [5.41, 5.74) is 4.05. The highest BCUT2D eigenvalue weighted by atomic mass is 16.5. The van der Waals surface area contributed by atoms with Gasteiger partial charge in [0.05, 0.1) is 26.0 Å². The monoisotopic (exact) mass is 564 g/mol. The first-order chi connectivity index (χ1) is 20.4. The van der Waals surface area contributed by atoms with Crippen LogP contribution >= 0.6 is 0 Å². The van der Waals surface area contributed by atoms with Crippen molar-refractivity contribution in [3.63, 3.8) is 0 Å². The van der Waals surface area contributed by atoms with Crippen LogP contribution in [0.2, 0.25) is 0 Å². The number of fused-ring (bicyclic) bond motifs is 1. The summed E-state index contributed by atoms with van der Waals surface area (Å²) in [5, 5.41) is 2.93. The zero-order valence-electron chi connectivity index (χ0n) is 24.7. The molecule has 0 spiro atoms. The molecule has 218 valence electrons. The van der Waals surface area contributed by atoms with Crippen LogP contribution in [-0.2, 0) is 11.3 Å². The number of hydrogen-bond acceptors (Lipinski definition) is 5. The first kappa shape index (κ1) is 29.2. The highest BCUT2D eigenvalue weighted by Crippen LogP contribution is 2.53. The van der Waals surface area contributed by atoms with Crippen LogP contribution in [0.5, 0.6) is 17.2 Å². The van der Waals surface area contributed by atoms with Crippen LogP contribution in [0.4, 0.5) is 0 Å². The SMILES string of the molecule is COc1ccc2c(c1)OC(C)(C)[C@H](c1ccccc1)[C@H]2c1ccc(OCCCCCC(=O)NCc2ccccn2)cc1. The molecular formula is C36H40N2O4. The summed E-state index contributed by atoms with van der Waals surface area (Å²) in [5.74, 6) is 2.78. The minimum absolute atomic E-state index is 0.0577. The molecule has 6 nitrogen and oxygen atoms in total. The fourth-order valence-corrected chi connectivity index (χ4v) is 5.85. The molecule has 2 heterocycles. The molecule has 42 heavy (non-hydrogen) atoms. The summed E-state index contributed by atoms with van der Waals surface area (Å²) >= 11 is 0. The molecule has 0 radical (unpaired) electrons. The van der Waals surface area contributed by atoms with Crippen molar-refractivity contribution >= 4 is 5.91 Å². The van der Waals surface area contributed by atoms with Gasteiger partial charge in [0.15, 0.2) is 0 Å². The van der Waals surface area contributed by atoms with Crippen molar-refractivity contribution < 1.29 is 19.0 Å². The number of amides is 1. The molecule has 1 aliphatic rings. The molecule has 0 saturated heterocycles. The number of carbonyl (C=O) groups excluding carboxylic acids is 1. The average molecular weight is 565 g/mol. The van der Waals surface area contributed by atoms with Crippen molar-refractivity contribution in [1.82, 2.24) is 10.3 Å². The van der Waals surface area contributed by atoms with Crippen molar-refractivity contribution in [3.05, 3.63) is 120 Å². The predicted molar refractivity (Wildman–Crippen MR) is 165 cm³/mol. The molecule has 6 heteroatoms. The van der Waals surface area contributed by atoms with Crippen molar-refractivity contribution in [3.8, 4) is 17.2 Å². The third-order valence-electron chi connectivity index (χ3n) is 7.92. The van der Waals surface area contributed by atoms with Crippen molar-refractivity contribution in [2.75, 3.05) is 13.7 Å². The zero-order chi connectivity index (χ0) is 29.4. The molecule has 1 amide bonds. The molecule has 1 N–H and O–H groups in total. The first-order valence-corrected chi connectivity index (χ1v) is 14.8. The predicted octanol–water partition coefficient (Wildman–Crippen LogP) is 7.43. The molecule has 0 saturated carbocycles. The summed E-state index contributed by atoms with van der Waals surface area (Å²) in [6.07, 6.45) is 4.92. The lowest BCUT2D eigenvalue weighted by atomic mass is 9.68. The van der Waals surface area contributed by atoms with Gasteiger partial charge in [-0.15, -0.1) is 0 Å². The van der Waals surface area contributed by atoms with Crippen LogP contribution in [0.25, 0.3) is 0 Å². The van der Waals surface area contributed by atoms with Gasteiger partial charge in [0, 0.05) is 36.1 Å². The van der Waals surface area contributed by atoms with Gasteiger partial charge in [0.2, 0.25) is 5.91 Å². The van der Waals surface area contributed by atoms with E-state index in [-0.39, 0.29) is 17.7 Å². The highest BCUT2D eigenvalue weighted by molar-refractivity contribution is 5.75. The van der Waals surface area contributed by atoms with Crippen LogP contribution < -0.4 is 19.5 Å². The van der Waals surface area contributed by atoms with Gasteiger partial charge in [-0.3, -0.25) is 9.78 Å². The van der Waals surface area contributed by atoms with E-state index in [0.29, 0.717) is 19.6 Å². The van der Waals surface area contributed by atoms with Gasteiger partial charge >= 0.3 is 0 Å². The van der Waals surface area contributed by atoms with E-state index in [2.05, 4.69) is 84.8 Å². The second kappa shape index (κ2) is 13.6. The lowest BCUT2D eigenvalue weighted by Gasteiger charge is -2.45. The number of benzene rings is 3. The van der Waals surface area contributed by atoms with Crippen LogP contribution in [0.3, 0.4) is 0 Å². The number of aromatic nitrogens is 1. The van der Waals surface area contributed by atoms with Gasteiger partial charge in [-0.2, -0.15) is 0 Å². The van der Waals surface area contributed by atoms with E-state index >= 15 is 0 Å². The number of hydrogen-bond donors (Lipinski definition) is 1. The fourth-order valence-electron chi connectivity index (χ4n) is 5.85. The Morgan fingerprint density at radius 3 is 2.38 bits per heavy atom. The number of methoxy groups -OCH3 is 1. The van der Waals surface area contributed by atoms with Gasteiger partial charge in [0.1, 0.15) is 22.8 Å². The maximum Gasteiger partial charge on any atom is 0.220 e. The summed E-state index contributed by atoms with van der Waals surface area (Å²) in [7, 11) is 1.68. The lowest BCUT2D eigenvalue weighted by Crippen LogP contribution is -2.43. The quantitative estimate of drug-likeness (QED) is 0.181. The third-order valence-corrected chi connectivity index (χ3v) is 7.92. The van der Waals surface area contributed by atoms with E-state index in [1.54, 1.807) is 13.3 Å². The van der Waals surface area contributed by atoms with E-state index in [9.17, 15) is 4.79 Å². The molecule has 1 aromatic heterocycles. The van der Waals surface area contributed by atoms with E-state index in [0.717, 1.165) is 47.8 Å². The van der Waals surface area contributed by atoms with Crippen LogP contribution in [0, 0.1) is 0 Å². The molecule has 0 bridgehead atoms. The normalized spacial score (nSPS) is 17.0. The van der Waals surface area contributed by atoms with Crippen molar-refractivity contribution in [2.45, 2.75) is 63.5 Å². The van der Waals surface area contributed by atoms with E-state index in [4.69, 9.17) is 14.2 Å². The van der Waals surface area contributed by atoms with Crippen LogP contribution in [0.1, 0.15) is 73.8 Å². The van der Waals surface area contributed by atoms with E-state index in [1.165, 1.54) is 11.1 Å². The maximum absolute atomic E-state index is 12.1. The van der Waals surface area contributed by atoms with Crippen molar-refractivity contribution in [1.29, 1.82) is 0 Å². The van der Waals surface area contributed by atoms with Gasteiger partial charge in [-0.05, 0) is 74.6 Å². The number of nitrogens with one attached hydrogen (secondary N) is 1. The number of carbonyl (C=O) groups is 1. The zero-order valence-corrected chi connectivity index (χ0v) is 24.7. The average Bonchev–Trinajstić information content (AvgIpc) is 3.01. The van der Waals surface area contributed by atoms with Gasteiger partial charge in [-0.1, -0.05) is 54.6 Å². The molecule has 4 aromatic rings. The Bertz CT molecular complexity index is 1440. The Morgan fingerprint density at radius 2 is 1.64 bits per heavy atom. The summed E-state index contributed by atoms with van der Waals surface area (Å²) in [4.78, 5) is 16.3. The first-order valence-electron chi connectivity index (χ1n) is 14.8.